The molecule has 0 amide bonds. The summed E-state index contributed by atoms with van der Waals surface area (Å²) in [5, 5.41) is 14.4. The fraction of sp³-hybridized carbons (Fsp3) is 0.818. The van der Waals surface area contributed by atoms with Gasteiger partial charge in [-0.3, -0.25) is 14.9 Å². The second-order valence-electron chi connectivity index (χ2n) is 4.85. The molecule has 2 aliphatic rings. The highest BCUT2D eigenvalue weighted by atomic mass is 15.3. The number of piperazine rings is 1. The van der Waals surface area contributed by atoms with Crippen molar-refractivity contribution in [2.75, 3.05) is 45.8 Å². The molecule has 3 heterocycles. The van der Waals surface area contributed by atoms with Crippen LogP contribution in [0.3, 0.4) is 0 Å². The third kappa shape index (κ3) is 2.65. The highest BCUT2D eigenvalue weighted by Gasteiger charge is 2.19. The molecule has 0 unspecified atom stereocenters. The minimum Gasteiger partial charge on any atom is -0.314 e. The Morgan fingerprint density at radius 1 is 1.06 bits per heavy atom. The van der Waals surface area contributed by atoms with Gasteiger partial charge in [-0.25, -0.2) is 0 Å². The molecule has 2 aliphatic heterocycles. The zero-order valence-electron chi connectivity index (χ0n) is 10.2. The van der Waals surface area contributed by atoms with Gasteiger partial charge in [-0.15, -0.1) is 5.10 Å². The van der Waals surface area contributed by atoms with Crippen LogP contribution in [-0.4, -0.2) is 71.0 Å². The van der Waals surface area contributed by atoms with Crippen LogP contribution in [0.1, 0.15) is 11.4 Å². The molecule has 1 fully saturated rings. The highest BCUT2D eigenvalue weighted by molar-refractivity contribution is 5.11. The van der Waals surface area contributed by atoms with E-state index in [1.165, 1.54) is 25.3 Å². The van der Waals surface area contributed by atoms with Gasteiger partial charge in [-0.05, 0) is 0 Å². The maximum Gasteiger partial charge on any atom is 0.0996 e. The predicted molar refractivity (Wildman–Crippen MR) is 64.7 cm³/mol. The molecule has 1 saturated heterocycles. The van der Waals surface area contributed by atoms with Gasteiger partial charge in [0, 0.05) is 58.8 Å². The third-order valence-electron chi connectivity index (χ3n) is 3.70. The lowest BCUT2D eigenvalue weighted by atomic mass is 10.1. The average molecular weight is 236 g/mol. The van der Waals surface area contributed by atoms with Crippen LogP contribution < -0.4 is 5.32 Å². The van der Waals surface area contributed by atoms with E-state index in [0.717, 1.165) is 44.8 Å². The van der Waals surface area contributed by atoms with Crippen LogP contribution in [0.5, 0.6) is 0 Å². The second-order valence-corrected chi connectivity index (χ2v) is 4.85. The molecule has 0 bridgehead atoms. The standard InChI is InChI=1S/C11H20N6/c1-4-17(9-11-10(1)13-15-14-11)8-7-16-5-2-12-3-6-16/h12H,1-9H2,(H,13,14,15). The van der Waals surface area contributed by atoms with Gasteiger partial charge in [0.15, 0.2) is 0 Å². The molecule has 0 aromatic carbocycles. The minimum absolute atomic E-state index is 0.956. The summed E-state index contributed by atoms with van der Waals surface area (Å²) in [5.74, 6) is 0. The Labute approximate surface area is 101 Å². The maximum atomic E-state index is 4.13. The number of rotatable bonds is 3. The molecule has 0 radical (unpaired) electrons. The van der Waals surface area contributed by atoms with Gasteiger partial charge in [-0.1, -0.05) is 5.21 Å². The largest absolute Gasteiger partial charge is 0.314 e. The van der Waals surface area contributed by atoms with E-state index < -0.39 is 0 Å². The molecule has 1 aromatic heterocycles. The molecule has 3 rings (SSSR count). The molecule has 2 N–H and O–H groups in total. The third-order valence-corrected chi connectivity index (χ3v) is 3.70. The van der Waals surface area contributed by atoms with Crippen LogP contribution in [0.25, 0.3) is 0 Å². The number of nitrogens with one attached hydrogen (secondary N) is 2. The first kappa shape index (κ1) is 11.1. The Balaban J connectivity index is 1.47. The highest BCUT2D eigenvalue weighted by Crippen LogP contribution is 2.13. The molecular formula is C11H20N6. The topological polar surface area (TPSA) is 60.1 Å². The Hall–Kier alpha value is -0.980. The summed E-state index contributed by atoms with van der Waals surface area (Å²) in [7, 11) is 0. The molecule has 0 aliphatic carbocycles. The van der Waals surface area contributed by atoms with E-state index in [9.17, 15) is 0 Å². The number of nitrogens with zero attached hydrogens (tertiary/aromatic N) is 4. The number of aromatic nitrogens is 3. The fourth-order valence-corrected chi connectivity index (χ4v) is 2.57. The van der Waals surface area contributed by atoms with E-state index in [1.54, 1.807) is 0 Å². The minimum atomic E-state index is 0.956. The zero-order valence-corrected chi connectivity index (χ0v) is 10.2. The normalized spacial score (nSPS) is 22.6. The monoisotopic (exact) mass is 236 g/mol. The fourth-order valence-electron chi connectivity index (χ4n) is 2.57. The van der Waals surface area contributed by atoms with Crippen molar-refractivity contribution in [2.24, 2.45) is 0 Å². The van der Waals surface area contributed by atoms with Gasteiger partial charge in [-0.2, -0.15) is 0 Å². The molecular weight excluding hydrogens is 216 g/mol. The average Bonchev–Trinajstić information content (AvgIpc) is 2.85. The van der Waals surface area contributed by atoms with E-state index in [-0.39, 0.29) is 0 Å². The molecule has 0 atom stereocenters. The number of H-pyrrole nitrogens is 1. The van der Waals surface area contributed by atoms with Crippen molar-refractivity contribution in [3.63, 3.8) is 0 Å². The summed E-state index contributed by atoms with van der Waals surface area (Å²) in [6.07, 6.45) is 1.06. The van der Waals surface area contributed by atoms with Gasteiger partial charge in [0.05, 0.1) is 11.4 Å². The van der Waals surface area contributed by atoms with Crippen molar-refractivity contribution < 1.29 is 0 Å². The molecule has 1 aromatic rings. The van der Waals surface area contributed by atoms with Gasteiger partial charge >= 0.3 is 0 Å². The Morgan fingerprint density at radius 2 is 1.88 bits per heavy atom. The zero-order chi connectivity index (χ0) is 11.5. The van der Waals surface area contributed by atoms with Crippen LogP contribution in [0, 0.1) is 0 Å². The van der Waals surface area contributed by atoms with Gasteiger partial charge < -0.3 is 5.32 Å². The predicted octanol–water partition coefficient (Wildman–Crippen LogP) is -0.932. The molecule has 0 saturated carbocycles. The summed E-state index contributed by atoms with van der Waals surface area (Å²) in [4.78, 5) is 5.02. The summed E-state index contributed by atoms with van der Waals surface area (Å²) >= 11 is 0. The first-order valence-corrected chi connectivity index (χ1v) is 6.46. The summed E-state index contributed by atoms with van der Waals surface area (Å²) in [6.45, 7) is 9.04. The number of fused-ring (bicyclic) bond motifs is 1. The van der Waals surface area contributed by atoms with Crippen LogP contribution in [0.2, 0.25) is 0 Å². The summed E-state index contributed by atoms with van der Waals surface area (Å²) in [6, 6.07) is 0. The lowest BCUT2D eigenvalue weighted by Gasteiger charge is -2.31. The van der Waals surface area contributed by atoms with Crippen molar-refractivity contribution >= 4 is 0 Å². The van der Waals surface area contributed by atoms with Crippen LogP contribution >= 0.6 is 0 Å². The van der Waals surface area contributed by atoms with Crippen molar-refractivity contribution in [2.45, 2.75) is 13.0 Å². The van der Waals surface area contributed by atoms with Gasteiger partial charge in [0.2, 0.25) is 0 Å². The number of hydrogen-bond donors (Lipinski definition) is 2. The van der Waals surface area contributed by atoms with Crippen molar-refractivity contribution in [3.05, 3.63) is 11.4 Å². The lowest BCUT2D eigenvalue weighted by molar-refractivity contribution is 0.178. The Morgan fingerprint density at radius 3 is 2.76 bits per heavy atom. The van der Waals surface area contributed by atoms with E-state index in [4.69, 9.17) is 0 Å². The van der Waals surface area contributed by atoms with E-state index >= 15 is 0 Å². The van der Waals surface area contributed by atoms with E-state index in [2.05, 4.69) is 30.5 Å². The van der Waals surface area contributed by atoms with Crippen LogP contribution in [0.15, 0.2) is 0 Å². The summed E-state index contributed by atoms with van der Waals surface area (Å²) in [5.41, 5.74) is 2.36. The second kappa shape index (κ2) is 5.12. The number of aromatic amines is 1. The Kier molecular flexibility index (Phi) is 3.35. The first-order chi connectivity index (χ1) is 8.42. The van der Waals surface area contributed by atoms with Crippen LogP contribution in [0.4, 0.5) is 0 Å². The quantitative estimate of drug-likeness (QED) is 0.710. The summed E-state index contributed by atoms with van der Waals surface area (Å²) < 4.78 is 0. The molecule has 17 heavy (non-hydrogen) atoms. The Bertz CT molecular complexity index is 357. The van der Waals surface area contributed by atoms with Gasteiger partial charge in [0.25, 0.3) is 0 Å². The van der Waals surface area contributed by atoms with Crippen molar-refractivity contribution in [3.8, 4) is 0 Å². The van der Waals surface area contributed by atoms with Gasteiger partial charge in [0.1, 0.15) is 0 Å². The smallest absolute Gasteiger partial charge is 0.0996 e. The molecule has 6 heteroatoms. The SMILES string of the molecule is C1CN(CCN2CCc3[nH]nnc3C2)CCN1. The van der Waals surface area contributed by atoms with E-state index in [0.29, 0.717) is 0 Å². The molecule has 94 valence electrons. The maximum absolute atomic E-state index is 4.13. The van der Waals surface area contributed by atoms with E-state index in [1.807, 2.05) is 0 Å². The molecule has 6 nitrogen and oxygen atoms in total. The first-order valence-electron chi connectivity index (χ1n) is 6.46. The molecule has 0 spiro atoms. The number of hydrogen-bond acceptors (Lipinski definition) is 5. The van der Waals surface area contributed by atoms with Crippen molar-refractivity contribution in [1.82, 2.24) is 30.5 Å². The lowest BCUT2D eigenvalue weighted by Crippen LogP contribution is -2.46. The van der Waals surface area contributed by atoms with Crippen molar-refractivity contribution in [1.29, 1.82) is 0 Å². The van der Waals surface area contributed by atoms with Crippen LogP contribution in [-0.2, 0) is 13.0 Å².